The van der Waals surface area contributed by atoms with Crippen LogP contribution in [0.25, 0.3) is 0 Å². The van der Waals surface area contributed by atoms with Gasteiger partial charge in [0.25, 0.3) is 0 Å². The maximum absolute atomic E-state index is 13.9. The topological polar surface area (TPSA) is 12.0 Å². The lowest BCUT2D eigenvalue weighted by Crippen LogP contribution is -2.28. The van der Waals surface area contributed by atoms with Crippen molar-refractivity contribution in [1.29, 1.82) is 0 Å². The predicted octanol–water partition coefficient (Wildman–Crippen LogP) is 4.29. The van der Waals surface area contributed by atoms with Crippen LogP contribution in [0, 0.1) is 17.7 Å². The Bertz CT molecular complexity index is 366. The Morgan fingerprint density at radius 1 is 1.33 bits per heavy atom. The zero-order valence-corrected chi connectivity index (χ0v) is 12.2. The lowest BCUT2D eigenvalue weighted by molar-refractivity contribution is 0.357. The molecular formula is C15H23ClFN. The van der Waals surface area contributed by atoms with Gasteiger partial charge in [-0.1, -0.05) is 44.5 Å². The van der Waals surface area contributed by atoms with Crippen LogP contribution in [-0.2, 0) is 6.42 Å². The fourth-order valence-electron chi connectivity index (χ4n) is 2.00. The minimum absolute atomic E-state index is 0.219. The van der Waals surface area contributed by atoms with Gasteiger partial charge in [-0.3, -0.25) is 0 Å². The van der Waals surface area contributed by atoms with Gasteiger partial charge in [0.05, 0.1) is 5.02 Å². The molecule has 1 nitrogen and oxygen atoms in total. The van der Waals surface area contributed by atoms with Crippen molar-refractivity contribution in [3.63, 3.8) is 0 Å². The maximum atomic E-state index is 13.9. The van der Waals surface area contributed by atoms with Gasteiger partial charge in [-0.15, -0.1) is 0 Å². The minimum atomic E-state index is -0.264. The van der Waals surface area contributed by atoms with Gasteiger partial charge in [0.1, 0.15) is 5.82 Å². The molecule has 1 unspecified atom stereocenters. The van der Waals surface area contributed by atoms with E-state index >= 15 is 0 Å². The third-order valence-electron chi connectivity index (χ3n) is 3.29. The monoisotopic (exact) mass is 271 g/mol. The third-order valence-corrected chi connectivity index (χ3v) is 3.58. The van der Waals surface area contributed by atoms with Crippen LogP contribution in [0.5, 0.6) is 0 Å². The second kappa shape index (κ2) is 7.75. The van der Waals surface area contributed by atoms with Crippen LogP contribution in [-0.4, -0.2) is 13.1 Å². The molecule has 1 rings (SSSR count). The molecule has 0 aromatic heterocycles. The van der Waals surface area contributed by atoms with Crippen LogP contribution < -0.4 is 5.32 Å². The summed E-state index contributed by atoms with van der Waals surface area (Å²) >= 11 is 5.81. The number of hydrogen-bond donors (Lipinski definition) is 1. The average Bonchev–Trinajstić information content (AvgIpc) is 2.33. The van der Waals surface area contributed by atoms with E-state index in [1.54, 1.807) is 6.07 Å². The largest absolute Gasteiger partial charge is 0.316 e. The summed E-state index contributed by atoms with van der Waals surface area (Å²) in [6.45, 7) is 8.45. The van der Waals surface area contributed by atoms with Crippen LogP contribution in [0.4, 0.5) is 4.39 Å². The van der Waals surface area contributed by atoms with Crippen molar-refractivity contribution in [2.75, 3.05) is 13.1 Å². The van der Waals surface area contributed by atoms with Crippen molar-refractivity contribution >= 4 is 11.6 Å². The highest BCUT2D eigenvalue weighted by molar-refractivity contribution is 6.30. The van der Waals surface area contributed by atoms with E-state index in [2.05, 4.69) is 26.1 Å². The zero-order chi connectivity index (χ0) is 13.5. The lowest BCUT2D eigenvalue weighted by atomic mass is 9.89. The van der Waals surface area contributed by atoms with Crippen LogP contribution >= 0.6 is 11.6 Å². The van der Waals surface area contributed by atoms with E-state index in [1.165, 1.54) is 0 Å². The fraction of sp³-hybridized carbons (Fsp3) is 0.600. The Morgan fingerprint density at radius 2 is 2.06 bits per heavy atom. The summed E-state index contributed by atoms with van der Waals surface area (Å²) in [5.74, 6) is 0.692. The van der Waals surface area contributed by atoms with E-state index in [0.717, 1.165) is 31.5 Å². The standard InChI is InChI=1S/C15H23ClFN/c1-4-8-18-10-13(11(2)3)9-12-6-5-7-14(16)15(12)17/h5-7,11,13,18H,4,8-10H2,1-3H3. The first-order chi connectivity index (χ1) is 8.56. The highest BCUT2D eigenvalue weighted by atomic mass is 35.5. The van der Waals surface area contributed by atoms with Crippen LogP contribution in [0.3, 0.4) is 0 Å². The molecule has 0 saturated heterocycles. The Morgan fingerprint density at radius 3 is 2.67 bits per heavy atom. The smallest absolute Gasteiger partial charge is 0.144 e. The van der Waals surface area contributed by atoms with Crippen LogP contribution in [0.1, 0.15) is 32.8 Å². The van der Waals surface area contributed by atoms with Crippen molar-refractivity contribution < 1.29 is 4.39 Å². The molecule has 18 heavy (non-hydrogen) atoms. The van der Waals surface area contributed by atoms with Crippen LogP contribution in [0.2, 0.25) is 5.02 Å². The zero-order valence-electron chi connectivity index (χ0n) is 11.5. The van der Waals surface area contributed by atoms with Gasteiger partial charge in [0.2, 0.25) is 0 Å². The van der Waals surface area contributed by atoms with Crippen molar-refractivity contribution in [2.24, 2.45) is 11.8 Å². The molecule has 0 bridgehead atoms. The molecule has 1 aromatic carbocycles. The van der Waals surface area contributed by atoms with Gasteiger partial charge in [-0.2, -0.15) is 0 Å². The first kappa shape index (κ1) is 15.5. The molecule has 0 radical (unpaired) electrons. The van der Waals surface area contributed by atoms with Gasteiger partial charge in [-0.25, -0.2) is 4.39 Å². The van der Waals surface area contributed by atoms with Crippen LogP contribution in [0.15, 0.2) is 18.2 Å². The molecule has 0 amide bonds. The van der Waals surface area contributed by atoms with E-state index in [0.29, 0.717) is 11.8 Å². The molecule has 0 aliphatic carbocycles. The van der Waals surface area contributed by atoms with E-state index in [4.69, 9.17) is 11.6 Å². The van der Waals surface area contributed by atoms with Crippen molar-refractivity contribution in [1.82, 2.24) is 5.32 Å². The molecule has 3 heteroatoms. The first-order valence-electron chi connectivity index (χ1n) is 6.69. The normalized spacial score (nSPS) is 13.0. The molecule has 0 saturated carbocycles. The molecule has 0 fully saturated rings. The molecule has 1 atom stereocenters. The average molecular weight is 272 g/mol. The Balaban J connectivity index is 2.68. The van der Waals surface area contributed by atoms with E-state index in [9.17, 15) is 4.39 Å². The summed E-state index contributed by atoms with van der Waals surface area (Å²) in [4.78, 5) is 0. The molecule has 0 aliphatic heterocycles. The fourth-order valence-corrected chi connectivity index (χ4v) is 2.19. The number of halogens is 2. The number of nitrogens with one attached hydrogen (secondary N) is 1. The van der Waals surface area contributed by atoms with Gasteiger partial charge < -0.3 is 5.32 Å². The second-order valence-electron chi connectivity index (χ2n) is 5.13. The van der Waals surface area contributed by atoms with Gasteiger partial charge in [0, 0.05) is 0 Å². The van der Waals surface area contributed by atoms with Crippen molar-refractivity contribution in [3.8, 4) is 0 Å². The first-order valence-corrected chi connectivity index (χ1v) is 7.07. The Kier molecular flexibility index (Phi) is 6.66. The number of benzene rings is 1. The Hall–Kier alpha value is -0.600. The minimum Gasteiger partial charge on any atom is -0.316 e. The third kappa shape index (κ3) is 4.58. The highest BCUT2D eigenvalue weighted by Crippen LogP contribution is 2.23. The molecule has 0 spiro atoms. The molecule has 0 aliphatic rings. The van der Waals surface area contributed by atoms with E-state index < -0.39 is 0 Å². The molecule has 0 heterocycles. The maximum Gasteiger partial charge on any atom is 0.144 e. The lowest BCUT2D eigenvalue weighted by Gasteiger charge is -2.22. The predicted molar refractivity (Wildman–Crippen MR) is 76.6 cm³/mol. The highest BCUT2D eigenvalue weighted by Gasteiger charge is 2.16. The van der Waals surface area contributed by atoms with Gasteiger partial charge >= 0.3 is 0 Å². The quantitative estimate of drug-likeness (QED) is 0.730. The molecular weight excluding hydrogens is 249 g/mol. The Labute approximate surface area is 115 Å². The van der Waals surface area contributed by atoms with E-state index in [1.807, 2.05) is 12.1 Å². The molecule has 102 valence electrons. The van der Waals surface area contributed by atoms with Gasteiger partial charge in [0.15, 0.2) is 0 Å². The van der Waals surface area contributed by atoms with E-state index in [-0.39, 0.29) is 10.8 Å². The van der Waals surface area contributed by atoms with Gasteiger partial charge in [-0.05, 0) is 49.4 Å². The number of rotatable bonds is 7. The summed E-state index contributed by atoms with van der Waals surface area (Å²) in [5.41, 5.74) is 0.722. The molecule has 1 aromatic rings. The second-order valence-corrected chi connectivity index (χ2v) is 5.53. The summed E-state index contributed by atoms with van der Waals surface area (Å²) in [7, 11) is 0. The summed E-state index contributed by atoms with van der Waals surface area (Å²) < 4.78 is 13.9. The number of hydrogen-bond acceptors (Lipinski definition) is 1. The van der Waals surface area contributed by atoms with Crippen molar-refractivity contribution in [3.05, 3.63) is 34.6 Å². The molecule has 1 N–H and O–H groups in total. The summed E-state index contributed by atoms with van der Waals surface area (Å²) in [6, 6.07) is 5.24. The van der Waals surface area contributed by atoms with Crippen molar-refractivity contribution in [2.45, 2.75) is 33.6 Å². The summed E-state index contributed by atoms with van der Waals surface area (Å²) in [5, 5.41) is 3.63. The SMILES string of the molecule is CCCNCC(Cc1cccc(Cl)c1F)C(C)C. The summed E-state index contributed by atoms with van der Waals surface area (Å²) in [6.07, 6.45) is 1.86.